The van der Waals surface area contributed by atoms with Crippen molar-refractivity contribution in [3.63, 3.8) is 0 Å². The van der Waals surface area contributed by atoms with E-state index in [1.807, 2.05) is 0 Å². The van der Waals surface area contributed by atoms with Gasteiger partial charge in [-0.15, -0.1) is 0 Å². The number of carboxylic acid groups (broad SMARTS) is 1. The zero-order valence-corrected chi connectivity index (χ0v) is 12.1. The van der Waals surface area contributed by atoms with Gasteiger partial charge in [0.05, 0.1) is 5.41 Å². The number of hydrogen-bond donors (Lipinski definition) is 0. The average Bonchev–Trinajstić information content (AvgIpc) is 2.51. The summed E-state index contributed by atoms with van der Waals surface area (Å²) in [6, 6.07) is 6.37. The Balaban J connectivity index is 2.38. The second-order valence-electron chi connectivity index (χ2n) is 5.81. The molecular weight excluding hydrogens is 238 g/mol. The van der Waals surface area contributed by atoms with Crippen LogP contribution >= 0.6 is 0 Å². The molecule has 0 spiro atoms. The third-order valence-electron chi connectivity index (χ3n) is 4.25. The van der Waals surface area contributed by atoms with E-state index in [1.54, 1.807) is 0 Å². The lowest BCUT2D eigenvalue weighted by atomic mass is 9.82. The molecule has 0 fully saturated rings. The first-order valence-electron chi connectivity index (χ1n) is 6.77. The van der Waals surface area contributed by atoms with Gasteiger partial charge in [-0.3, -0.25) is 0 Å². The topological polar surface area (TPSA) is 43.1 Å². The van der Waals surface area contributed by atoms with Gasteiger partial charge in [0, 0.05) is 30.4 Å². The maximum absolute atomic E-state index is 10.6. The molecule has 0 bridgehead atoms. The van der Waals surface area contributed by atoms with Crippen molar-refractivity contribution in [2.45, 2.75) is 46.0 Å². The first kappa shape index (κ1) is 13.8. The standard InChI is InChI=1S/C16H21NO2/c1-11-7-5-8-13-15(11)17(10-6-9-14(18)19)12(2)16(13,3)4/h5,7-8H,6,9-10H2,1-4H3. The molecule has 0 atom stereocenters. The van der Waals surface area contributed by atoms with Crippen molar-refractivity contribution >= 4 is 17.4 Å². The van der Waals surface area contributed by atoms with Crippen LogP contribution in [0.3, 0.4) is 0 Å². The third-order valence-corrected chi connectivity index (χ3v) is 4.25. The number of aryl methyl sites for hydroxylation is 1. The van der Waals surface area contributed by atoms with Crippen LogP contribution in [0.5, 0.6) is 0 Å². The molecule has 0 radical (unpaired) electrons. The maximum atomic E-state index is 10.6. The molecular formula is C16H21NO2. The van der Waals surface area contributed by atoms with E-state index in [2.05, 4.69) is 50.5 Å². The molecule has 0 unspecified atom stereocenters. The van der Waals surface area contributed by atoms with Crippen LogP contribution in [0.1, 0.15) is 44.7 Å². The smallest absolute Gasteiger partial charge is 0.212 e. The van der Waals surface area contributed by atoms with Crippen LogP contribution in [0.4, 0.5) is 5.69 Å². The van der Waals surface area contributed by atoms with Crippen molar-refractivity contribution in [3.8, 4) is 0 Å². The quantitative estimate of drug-likeness (QED) is 0.775. The lowest BCUT2D eigenvalue weighted by molar-refractivity contribution is -0.440. The summed E-state index contributed by atoms with van der Waals surface area (Å²) >= 11 is 0. The van der Waals surface area contributed by atoms with Crippen molar-refractivity contribution in [3.05, 3.63) is 29.3 Å². The highest BCUT2D eigenvalue weighted by Crippen LogP contribution is 2.41. The van der Waals surface area contributed by atoms with Crippen molar-refractivity contribution in [1.82, 2.24) is 0 Å². The van der Waals surface area contributed by atoms with Gasteiger partial charge in [0.2, 0.25) is 5.69 Å². The molecule has 3 heteroatoms. The third kappa shape index (κ3) is 2.29. The fourth-order valence-corrected chi connectivity index (χ4v) is 2.88. The summed E-state index contributed by atoms with van der Waals surface area (Å²) in [5, 5.41) is 10.6. The number of fused-ring (bicyclic) bond motifs is 1. The van der Waals surface area contributed by atoms with Crippen LogP contribution in [0.2, 0.25) is 0 Å². The van der Waals surface area contributed by atoms with Crippen molar-refractivity contribution in [1.29, 1.82) is 0 Å². The fourth-order valence-electron chi connectivity index (χ4n) is 2.88. The highest BCUT2D eigenvalue weighted by Gasteiger charge is 2.43. The van der Waals surface area contributed by atoms with Gasteiger partial charge in [-0.25, -0.2) is 0 Å². The van der Waals surface area contributed by atoms with Gasteiger partial charge in [-0.05, 0) is 27.2 Å². The molecule has 1 aliphatic heterocycles. The van der Waals surface area contributed by atoms with Gasteiger partial charge in [-0.2, -0.15) is 4.58 Å². The summed E-state index contributed by atoms with van der Waals surface area (Å²) in [5.41, 5.74) is 5.14. The number of aliphatic carboxylic acids is 1. The Labute approximate surface area is 114 Å². The van der Waals surface area contributed by atoms with Gasteiger partial charge >= 0.3 is 0 Å². The van der Waals surface area contributed by atoms with Crippen LogP contribution in [0.15, 0.2) is 18.2 Å². The van der Waals surface area contributed by atoms with Crippen molar-refractivity contribution in [2.75, 3.05) is 6.54 Å². The number of benzene rings is 1. The van der Waals surface area contributed by atoms with Crippen LogP contribution < -0.4 is 5.11 Å². The fraction of sp³-hybridized carbons (Fsp3) is 0.500. The average molecular weight is 259 g/mol. The molecule has 102 valence electrons. The van der Waals surface area contributed by atoms with E-state index < -0.39 is 5.97 Å². The molecule has 1 heterocycles. The van der Waals surface area contributed by atoms with Gasteiger partial charge in [0.25, 0.3) is 0 Å². The summed E-state index contributed by atoms with van der Waals surface area (Å²) in [4.78, 5) is 10.6. The number of rotatable bonds is 4. The highest BCUT2D eigenvalue weighted by atomic mass is 16.4. The minimum atomic E-state index is -0.971. The molecule has 0 N–H and O–H groups in total. The minimum absolute atomic E-state index is 0.0167. The summed E-state index contributed by atoms with van der Waals surface area (Å²) in [6.07, 6.45) is 0.731. The van der Waals surface area contributed by atoms with Gasteiger partial charge in [0.1, 0.15) is 6.54 Å². The Morgan fingerprint density at radius 1 is 1.32 bits per heavy atom. The molecule has 2 rings (SSSR count). The van der Waals surface area contributed by atoms with Gasteiger partial charge in [0.15, 0.2) is 5.71 Å². The van der Waals surface area contributed by atoms with Crippen LogP contribution in [-0.2, 0) is 10.2 Å². The van der Waals surface area contributed by atoms with Crippen molar-refractivity contribution in [2.24, 2.45) is 0 Å². The lowest BCUT2D eigenvalue weighted by Crippen LogP contribution is -2.27. The Morgan fingerprint density at radius 2 is 2.00 bits per heavy atom. The zero-order chi connectivity index (χ0) is 14.2. The normalized spacial score (nSPS) is 16.6. The molecule has 19 heavy (non-hydrogen) atoms. The largest absolute Gasteiger partial charge is 0.550 e. The summed E-state index contributed by atoms with van der Waals surface area (Å²) in [5.74, 6) is -0.971. The summed E-state index contributed by atoms with van der Waals surface area (Å²) < 4.78 is 2.27. The first-order valence-corrected chi connectivity index (χ1v) is 6.77. The number of carboxylic acids is 1. The molecule has 1 aromatic rings. The number of carbonyl (C=O) groups is 1. The molecule has 1 aliphatic rings. The minimum Gasteiger partial charge on any atom is -0.550 e. The second-order valence-corrected chi connectivity index (χ2v) is 5.81. The number of nitrogens with zero attached hydrogens (tertiary/aromatic N) is 1. The van der Waals surface area contributed by atoms with E-state index in [1.165, 1.54) is 22.5 Å². The van der Waals surface area contributed by atoms with E-state index in [-0.39, 0.29) is 11.8 Å². The molecule has 0 aliphatic carbocycles. The van der Waals surface area contributed by atoms with Gasteiger partial charge < -0.3 is 9.90 Å². The zero-order valence-electron chi connectivity index (χ0n) is 12.1. The Bertz CT molecular complexity index is 556. The van der Waals surface area contributed by atoms with Crippen molar-refractivity contribution < 1.29 is 14.5 Å². The van der Waals surface area contributed by atoms with E-state index in [9.17, 15) is 9.90 Å². The van der Waals surface area contributed by atoms with Crippen LogP contribution in [-0.4, -0.2) is 22.8 Å². The Hall–Kier alpha value is -1.64. The van der Waals surface area contributed by atoms with Crippen LogP contribution in [0.25, 0.3) is 0 Å². The number of para-hydroxylation sites is 1. The highest BCUT2D eigenvalue weighted by molar-refractivity contribution is 5.93. The van der Waals surface area contributed by atoms with E-state index >= 15 is 0 Å². The molecule has 0 aromatic heterocycles. The predicted octanol–water partition coefficient (Wildman–Crippen LogP) is 1.92. The molecule has 0 amide bonds. The van der Waals surface area contributed by atoms with Gasteiger partial charge in [-0.1, -0.05) is 18.2 Å². The van der Waals surface area contributed by atoms with E-state index in [0.717, 1.165) is 6.54 Å². The van der Waals surface area contributed by atoms with Crippen LogP contribution in [0, 0.1) is 6.92 Å². The number of carbonyl (C=O) groups excluding carboxylic acids is 1. The monoisotopic (exact) mass is 259 g/mol. The SMILES string of the molecule is CC1=[N+](CCCC(=O)[O-])c2c(C)cccc2C1(C)C. The summed E-state index contributed by atoms with van der Waals surface area (Å²) in [6.45, 7) is 9.43. The summed E-state index contributed by atoms with van der Waals surface area (Å²) in [7, 11) is 0. The lowest BCUT2D eigenvalue weighted by Gasteiger charge is -2.14. The molecule has 3 nitrogen and oxygen atoms in total. The molecule has 1 aromatic carbocycles. The maximum Gasteiger partial charge on any atom is 0.212 e. The molecule has 0 saturated carbocycles. The van der Waals surface area contributed by atoms with E-state index in [4.69, 9.17) is 0 Å². The second kappa shape index (κ2) is 4.80. The van der Waals surface area contributed by atoms with E-state index in [0.29, 0.717) is 6.42 Å². The number of hydrogen-bond acceptors (Lipinski definition) is 2. The predicted molar refractivity (Wildman–Crippen MR) is 73.9 cm³/mol. The Kier molecular flexibility index (Phi) is 3.48. The first-order chi connectivity index (χ1) is 8.85. The molecule has 0 saturated heterocycles. The Morgan fingerprint density at radius 3 is 2.63 bits per heavy atom.